The van der Waals surface area contributed by atoms with Gasteiger partial charge < -0.3 is 15.2 Å². The van der Waals surface area contributed by atoms with E-state index in [1.54, 1.807) is 13.0 Å². The van der Waals surface area contributed by atoms with Gasteiger partial charge in [-0.25, -0.2) is 13.2 Å². The molecular formula is C12H16F3NO2. The summed E-state index contributed by atoms with van der Waals surface area (Å²) >= 11 is 0. The Kier molecular flexibility index (Phi) is 4.98. The first-order valence-corrected chi connectivity index (χ1v) is 5.45. The molecule has 102 valence electrons. The fourth-order valence-electron chi connectivity index (χ4n) is 1.45. The Bertz CT molecular complexity index is 399. The van der Waals surface area contributed by atoms with E-state index in [0.717, 1.165) is 0 Å². The Balaban J connectivity index is 2.70. The minimum Gasteiger partial charge on any atom is -0.497 e. The second-order valence-electron chi connectivity index (χ2n) is 4.00. The van der Waals surface area contributed by atoms with Crippen molar-refractivity contribution in [3.8, 4) is 5.75 Å². The molecule has 0 aromatic heterocycles. The van der Waals surface area contributed by atoms with Gasteiger partial charge in [-0.2, -0.15) is 0 Å². The lowest BCUT2D eigenvalue weighted by Gasteiger charge is -2.19. The van der Waals surface area contributed by atoms with Crippen molar-refractivity contribution >= 4 is 0 Å². The number of aliphatic hydroxyl groups is 1. The predicted octanol–water partition coefficient (Wildman–Crippen LogP) is 2.11. The summed E-state index contributed by atoms with van der Waals surface area (Å²) in [6.07, 6.45) is 0. The fraction of sp³-hybridized carbons (Fsp3) is 0.500. The predicted molar refractivity (Wildman–Crippen MR) is 61.4 cm³/mol. The summed E-state index contributed by atoms with van der Waals surface area (Å²) in [6.45, 7) is -0.383. The second-order valence-corrected chi connectivity index (χ2v) is 4.00. The number of ether oxygens (including phenoxy) is 1. The molecule has 0 heterocycles. The van der Waals surface area contributed by atoms with Crippen molar-refractivity contribution in [3.63, 3.8) is 0 Å². The van der Waals surface area contributed by atoms with Crippen LogP contribution in [0.2, 0.25) is 0 Å². The van der Waals surface area contributed by atoms with Crippen LogP contribution in [0.15, 0.2) is 18.2 Å². The highest BCUT2D eigenvalue weighted by Gasteiger charge is 2.28. The molecule has 1 aromatic rings. The maximum Gasteiger partial charge on any atom is 0.282 e. The Morgan fingerprint density at radius 3 is 2.61 bits per heavy atom. The number of benzene rings is 1. The topological polar surface area (TPSA) is 41.5 Å². The summed E-state index contributed by atoms with van der Waals surface area (Å²) in [4.78, 5) is 0. The zero-order chi connectivity index (χ0) is 13.8. The number of nitrogens with one attached hydrogen (secondary N) is 1. The number of hydrogen-bond donors (Lipinski definition) is 2. The maximum absolute atomic E-state index is 13.6. The molecule has 3 nitrogen and oxygen atoms in total. The van der Waals surface area contributed by atoms with Gasteiger partial charge in [-0.05, 0) is 13.0 Å². The summed E-state index contributed by atoms with van der Waals surface area (Å²) in [5.41, 5.74) is 0.268. The number of alkyl halides is 2. The van der Waals surface area contributed by atoms with Crippen LogP contribution in [0.5, 0.6) is 5.75 Å². The SMILES string of the molecule is COc1ccc(C(C)NCC(F)(F)CO)c(F)c1. The Morgan fingerprint density at radius 2 is 2.11 bits per heavy atom. The first-order chi connectivity index (χ1) is 8.39. The molecule has 0 saturated heterocycles. The third kappa shape index (κ3) is 3.89. The summed E-state index contributed by atoms with van der Waals surface area (Å²) in [5, 5.41) is 10.9. The highest BCUT2D eigenvalue weighted by atomic mass is 19.3. The van der Waals surface area contributed by atoms with Crippen LogP contribution in [0.1, 0.15) is 18.5 Å². The average molecular weight is 263 g/mol. The number of methoxy groups -OCH3 is 1. The summed E-state index contributed by atoms with van der Waals surface area (Å²) in [6, 6.07) is 3.63. The Morgan fingerprint density at radius 1 is 1.44 bits per heavy atom. The molecule has 2 N–H and O–H groups in total. The van der Waals surface area contributed by atoms with Gasteiger partial charge >= 0.3 is 0 Å². The zero-order valence-electron chi connectivity index (χ0n) is 10.2. The van der Waals surface area contributed by atoms with Gasteiger partial charge in [0.15, 0.2) is 0 Å². The van der Waals surface area contributed by atoms with Crippen LogP contribution in [-0.2, 0) is 0 Å². The lowest BCUT2D eigenvalue weighted by atomic mass is 10.1. The van der Waals surface area contributed by atoms with Gasteiger partial charge in [-0.3, -0.25) is 0 Å². The van der Waals surface area contributed by atoms with Crippen molar-refractivity contribution in [1.82, 2.24) is 5.32 Å². The quantitative estimate of drug-likeness (QED) is 0.826. The first-order valence-electron chi connectivity index (χ1n) is 5.45. The molecule has 0 radical (unpaired) electrons. The van der Waals surface area contributed by atoms with E-state index in [-0.39, 0.29) is 5.56 Å². The van der Waals surface area contributed by atoms with Crippen LogP contribution in [0, 0.1) is 5.82 Å². The standard InChI is InChI=1S/C12H16F3NO2/c1-8(16-6-12(14,15)7-17)10-4-3-9(18-2)5-11(10)13/h3-5,8,16-17H,6-7H2,1-2H3. The normalized spacial score (nSPS) is 13.4. The average Bonchev–Trinajstić information content (AvgIpc) is 2.36. The highest BCUT2D eigenvalue weighted by molar-refractivity contribution is 5.30. The molecule has 0 aliphatic heterocycles. The van der Waals surface area contributed by atoms with Gasteiger partial charge in [0.1, 0.15) is 18.2 Å². The van der Waals surface area contributed by atoms with Gasteiger partial charge in [-0.1, -0.05) is 6.07 Å². The van der Waals surface area contributed by atoms with Gasteiger partial charge in [-0.15, -0.1) is 0 Å². The first kappa shape index (κ1) is 14.8. The van der Waals surface area contributed by atoms with Gasteiger partial charge in [0.2, 0.25) is 0 Å². The summed E-state index contributed by atoms with van der Waals surface area (Å²) < 4.78 is 44.1. The minimum absolute atomic E-state index is 0.268. The molecule has 0 fully saturated rings. The van der Waals surface area contributed by atoms with E-state index in [4.69, 9.17) is 9.84 Å². The van der Waals surface area contributed by atoms with Crippen molar-refractivity contribution in [2.45, 2.75) is 18.9 Å². The van der Waals surface area contributed by atoms with E-state index in [9.17, 15) is 13.2 Å². The van der Waals surface area contributed by atoms with Crippen LogP contribution < -0.4 is 10.1 Å². The minimum atomic E-state index is -3.21. The van der Waals surface area contributed by atoms with Gasteiger partial charge in [0.05, 0.1) is 13.7 Å². The third-order valence-corrected chi connectivity index (χ3v) is 2.57. The highest BCUT2D eigenvalue weighted by Crippen LogP contribution is 2.22. The van der Waals surface area contributed by atoms with Crippen molar-refractivity contribution in [2.24, 2.45) is 0 Å². The number of aliphatic hydroxyl groups excluding tert-OH is 1. The number of halogens is 3. The van der Waals surface area contributed by atoms with Crippen LogP contribution in [0.3, 0.4) is 0 Å². The third-order valence-electron chi connectivity index (χ3n) is 2.57. The van der Waals surface area contributed by atoms with Crippen molar-refractivity contribution in [1.29, 1.82) is 0 Å². The van der Waals surface area contributed by atoms with E-state index in [1.807, 2.05) is 0 Å². The van der Waals surface area contributed by atoms with E-state index >= 15 is 0 Å². The molecule has 0 amide bonds. The molecule has 0 aliphatic rings. The maximum atomic E-state index is 13.6. The van der Waals surface area contributed by atoms with Gasteiger partial charge in [0.25, 0.3) is 5.92 Å². The molecule has 0 aliphatic carbocycles. The molecule has 1 unspecified atom stereocenters. The van der Waals surface area contributed by atoms with Crippen LogP contribution in [0.4, 0.5) is 13.2 Å². The van der Waals surface area contributed by atoms with Crippen LogP contribution in [-0.4, -0.2) is 31.3 Å². The number of rotatable bonds is 6. The van der Waals surface area contributed by atoms with Crippen molar-refractivity contribution < 1.29 is 23.0 Å². The van der Waals surface area contributed by atoms with Crippen LogP contribution >= 0.6 is 0 Å². The molecule has 0 bridgehead atoms. The lowest BCUT2D eigenvalue weighted by Crippen LogP contribution is -2.37. The van der Waals surface area contributed by atoms with Gasteiger partial charge in [0, 0.05) is 17.7 Å². The second kappa shape index (κ2) is 6.06. The largest absolute Gasteiger partial charge is 0.497 e. The van der Waals surface area contributed by atoms with E-state index in [0.29, 0.717) is 5.75 Å². The zero-order valence-corrected chi connectivity index (χ0v) is 10.2. The molecular weight excluding hydrogens is 247 g/mol. The Hall–Kier alpha value is -1.27. The molecule has 0 spiro atoms. The fourth-order valence-corrected chi connectivity index (χ4v) is 1.45. The van der Waals surface area contributed by atoms with Crippen LogP contribution in [0.25, 0.3) is 0 Å². The molecule has 1 atom stereocenters. The molecule has 1 aromatic carbocycles. The van der Waals surface area contributed by atoms with E-state index in [2.05, 4.69) is 5.32 Å². The molecule has 18 heavy (non-hydrogen) atoms. The number of hydrogen-bond acceptors (Lipinski definition) is 3. The monoisotopic (exact) mass is 263 g/mol. The smallest absolute Gasteiger partial charge is 0.282 e. The molecule has 1 rings (SSSR count). The van der Waals surface area contributed by atoms with Crippen molar-refractivity contribution in [2.75, 3.05) is 20.3 Å². The van der Waals surface area contributed by atoms with E-state index < -0.39 is 30.9 Å². The van der Waals surface area contributed by atoms with Crippen molar-refractivity contribution in [3.05, 3.63) is 29.6 Å². The van der Waals surface area contributed by atoms with E-state index in [1.165, 1.54) is 19.2 Å². The molecule has 0 saturated carbocycles. The Labute approximate surface area is 104 Å². The molecule has 6 heteroatoms. The lowest BCUT2D eigenvalue weighted by molar-refractivity contribution is -0.0491. The summed E-state index contributed by atoms with van der Waals surface area (Å²) in [5.74, 6) is -3.37. The summed E-state index contributed by atoms with van der Waals surface area (Å²) in [7, 11) is 1.41.